The Morgan fingerprint density at radius 1 is 0.941 bits per heavy atom. The Kier molecular flexibility index (Phi) is 9.89. The van der Waals surface area contributed by atoms with E-state index in [1.165, 1.54) is 48.8 Å². The summed E-state index contributed by atoms with van der Waals surface area (Å²) in [7, 11) is 0. The number of nitrogens with one attached hydrogen (secondary N) is 2. The molecule has 7 nitrogen and oxygen atoms in total. The van der Waals surface area contributed by atoms with Gasteiger partial charge in [0.25, 0.3) is 0 Å². The Labute approximate surface area is 308 Å². The van der Waals surface area contributed by atoms with E-state index in [-0.39, 0.29) is 33.2 Å². The molecule has 7 rings (SSSR count). The highest BCUT2D eigenvalue weighted by Gasteiger charge is 2.70. The van der Waals surface area contributed by atoms with Crippen LogP contribution in [0.15, 0.2) is 42.5 Å². The minimum atomic E-state index is -1.44. The van der Waals surface area contributed by atoms with Crippen molar-refractivity contribution in [1.29, 1.82) is 0 Å². The number of fused-ring (bicyclic) bond motifs is 7. The molecule has 4 N–H and O–H groups in total. The molecule has 51 heavy (non-hydrogen) atoms. The predicted octanol–water partition coefficient (Wildman–Crippen LogP) is 8.09. The topological polar surface area (TPSA) is 94.1 Å². The maximum absolute atomic E-state index is 13.6. The van der Waals surface area contributed by atoms with Crippen LogP contribution in [-0.2, 0) is 4.74 Å². The molecular weight excluding hydrogens is 635 g/mol. The second-order valence-electron chi connectivity index (χ2n) is 19.1. The first-order valence-electron chi connectivity index (χ1n) is 20.3. The van der Waals surface area contributed by atoms with Gasteiger partial charge in [-0.3, -0.25) is 4.90 Å². The first kappa shape index (κ1) is 37.1. The van der Waals surface area contributed by atoms with Gasteiger partial charge in [0.15, 0.2) is 6.29 Å². The fourth-order valence-corrected chi connectivity index (χ4v) is 13.9. The smallest absolute Gasteiger partial charge is 0.315 e. The summed E-state index contributed by atoms with van der Waals surface area (Å²) in [5.41, 5.74) is 4.98. The third-order valence-electron chi connectivity index (χ3n) is 16.6. The van der Waals surface area contributed by atoms with Crippen LogP contribution in [0.1, 0.15) is 123 Å². The van der Waals surface area contributed by atoms with Gasteiger partial charge in [-0.1, -0.05) is 77.1 Å². The molecule has 1 heterocycles. The number of urea groups is 1. The summed E-state index contributed by atoms with van der Waals surface area (Å²) in [5, 5.41) is 26.3. The molecule has 5 fully saturated rings. The van der Waals surface area contributed by atoms with Gasteiger partial charge in [0.05, 0.1) is 13.2 Å². The number of allylic oxidation sites excluding steroid dienone is 3. The number of nitrogens with zero attached hydrogens (tertiary/aromatic N) is 1. The number of benzene rings is 1. The standard InChI is InChI=1S/C44H67N3O4/c1-29(2)32-15-20-44(46-39(50)45-23-8-24-47-25-27-51-28-26-47)22-21-42(6)34(37(32)44)13-14-36-41(5)18-16-33(30-9-11-31(12-10-30)38(48)49)40(3,4)35(41)17-19-43(36,42)7/h9-12,16,32,34-38,48-49H,1,8,13-15,17-28H2,2-7H3,(H2,45,46,50). The van der Waals surface area contributed by atoms with E-state index in [0.29, 0.717) is 41.7 Å². The third kappa shape index (κ3) is 6.05. The minimum Gasteiger partial charge on any atom is -0.379 e. The van der Waals surface area contributed by atoms with Crippen LogP contribution >= 0.6 is 0 Å². The first-order chi connectivity index (χ1) is 24.2. The quantitative estimate of drug-likeness (QED) is 0.125. The van der Waals surface area contributed by atoms with E-state index in [0.717, 1.165) is 65.0 Å². The normalized spacial score (nSPS) is 40.3. The lowest BCUT2D eigenvalue weighted by Gasteiger charge is -2.72. The highest BCUT2D eigenvalue weighted by Crippen LogP contribution is 2.76. The maximum Gasteiger partial charge on any atom is 0.315 e. The largest absolute Gasteiger partial charge is 0.379 e. The van der Waals surface area contributed by atoms with E-state index < -0.39 is 6.29 Å². The fraction of sp³-hybridized carbons (Fsp3) is 0.750. The molecule has 9 unspecified atom stereocenters. The zero-order valence-corrected chi connectivity index (χ0v) is 32.5. The molecule has 2 amide bonds. The molecule has 1 saturated heterocycles. The van der Waals surface area contributed by atoms with Crippen LogP contribution in [0.25, 0.3) is 5.57 Å². The van der Waals surface area contributed by atoms with Gasteiger partial charge in [0.1, 0.15) is 0 Å². The number of rotatable bonds is 8. The minimum absolute atomic E-state index is 0.0170. The van der Waals surface area contributed by atoms with Crippen LogP contribution in [0.3, 0.4) is 0 Å². The van der Waals surface area contributed by atoms with Crippen LogP contribution < -0.4 is 10.6 Å². The molecule has 4 saturated carbocycles. The van der Waals surface area contributed by atoms with Crippen molar-refractivity contribution in [3.63, 3.8) is 0 Å². The summed E-state index contributed by atoms with van der Waals surface area (Å²) >= 11 is 0. The predicted molar refractivity (Wildman–Crippen MR) is 205 cm³/mol. The van der Waals surface area contributed by atoms with Crippen molar-refractivity contribution in [3.05, 3.63) is 53.6 Å². The SMILES string of the molecule is C=C(C)C1CCC2(NC(=O)NCCCN3CCOCC3)CCC3(C)C(CCC4C5(C)CC=C(c6ccc(C(O)O)cc6)C(C)(C)C5CCC43C)C12. The molecule has 5 aliphatic carbocycles. The molecule has 0 spiro atoms. The van der Waals surface area contributed by atoms with Crippen molar-refractivity contribution in [2.75, 3.05) is 39.4 Å². The third-order valence-corrected chi connectivity index (χ3v) is 16.6. The van der Waals surface area contributed by atoms with Gasteiger partial charge in [-0.15, -0.1) is 0 Å². The Balaban J connectivity index is 1.11. The number of ether oxygens (including phenoxy) is 1. The maximum atomic E-state index is 13.6. The van der Waals surface area contributed by atoms with E-state index >= 15 is 0 Å². The summed E-state index contributed by atoms with van der Waals surface area (Å²) in [5.74, 6) is 2.69. The van der Waals surface area contributed by atoms with Crippen molar-refractivity contribution in [2.24, 2.45) is 51.2 Å². The molecule has 6 aliphatic rings. The lowest BCUT2D eigenvalue weighted by Crippen LogP contribution is -2.68. The van der Waals surface area contributed by atoms with Gasteiger partial charge in [0, 0.05) is 30.7 Å². The Hall–Kier alpha value is -2.19. The van der Waals surface area contributed by atoms with Crippen molar-refractivity contribution in [1.82, 2.24) is 15.5 Å². The van der Waals surface area contributed by atoms with Crippen molar-refractivity contribution in [3.8, 4) is 0 Å². The second kappa shape index (κ2) is 13.6. The van der Waals surface area contributed by atoms with Gasteiger partial charge in [-0.2, -0.15) is 0 Å². The van der Waals surface area contributed by atoms with Crippen LogP contribution in [-0.4, -0.2) is 66.1 Å². The lowest BCUT2D eigenvalue weighted by molar-refractivity contribution is -0.218. The van der Waals surface area contributed by atoms with Crippen molar-refractivity contribution < 1.29 is 19.7 Å². The zero-order valence-electron chi connectivity index (χ0n) is 32.5. The molecule has 1 aromatic carbocycles. The second-order valence-corrected chi connectivity index (χ2v) is 19.1. The zero-order chi connectivity index (χ0) is 36.4. The number of aliphatic hydroxyl groups excluding tert-OH is 1. The van der Waals surface area contributed by atoms with Crippen molar-refractivity contribution >= 4 is 11.6 Å². The summed E-state index contributed by atoms with van der Waals surface area (Å²) in [6.07, 6.45) is 12.6. The molecule has 9 atom stereocenters. The van der Waals surface area contributed by atoms with Crippen LogP contribution in [0, 0.1) is 51.2 Å². The Morgan fingerprint density at radius 3 is 2.35 bits per heavy atom. The van der Waals surface area contributed by atoms with Gasteiger partial charge < -0.3 is 25.6 Å². The van der Waals surface area contributed by atoms with Crippen LogP contribution in [0.4, 0.5) is 4.79 Å². The number of hydrogen-bond acceptors (Lipinski definition) is 5. The number of amides is 2. The van der Waals surface area contributed by atoms with Gasteiger partial charge >= 0.3 is 6.03 Å². The molecule has 282 valence electrons. The average Bonchev–Trinajstić information content (AvgIpc) is 3.47. The van der Waals surface area contributed by atoms with E-state index in [2.05, 4.69) is 81.9 Å². The summed E-state index contributed by atoms with van der Waals surface area (Å²) in [4.78, 5) is 16.1. The summed E-state index contributed by atoms with van der Waals surface area (Å²) < 4.78 is 5.50. The van der Waals surface area contributed by atoms with E-state index in [1.54, 1.807) is 0 Å². The van der Waals surface area contributed by atoms with E-state index in [4.69, 9.17) is 4.74 Å². The number of carbonyl (C=O) groups excluding carboxylic acids is 1. The number of morpholine rings is 1. The molecule has 7 heteroatoms. The van der Waals surface area contributed by atoms with E-state index in [1.807, 2.05) is 12.1 Å². The molecule has 1 aliphatic heterocycles. The number of hydrogen-bond donors (Lipinski definition) is 4. The highest BCUT2D eigenvalue weighted by molar-refractivity contribution is 5.75. The Bertz CT molecular complexity index is 1500. The monoisotopic (exact) mass is 702 g/mol. The van der Waals surface area contributed by atoms with Gasteiger partial charge in [-0.05, 0) is 140 Å². The van der Waals surface area contributed by atoms with Crippen molar-refractivity contribution in [2.45, 2.75) is 118 Å². The summed E-state index contributed by atoms with van der Waals surface area (Å²) in [6, 6.07) is 7.91. The summed E-state index contributed by atoms with van der Waals surface area (Å²) in [6.45, 7) is 25.0. The highest BCUT2D eigenvalue weighted by atomic mass is 16.5. The van der Waals surface area contributed by atoms with Gasteiger partial charge in [-0.25, -0.2) is 4.79 Å². The molecule has 0 aromatic heterocycles. The molecule has 0 radical (unpaired) electrons. The lowest BCUT2D eigenvalue weighted by atomic mass is 9.33. The van der Waals surface area contributed by atoms with E-state index in [9.17, 15) is 15.0 Å². The van der Waals surface area contributed by atoms with Crippen LogP contribution in [0.5, 0.6) is 0 Å². The van der Waals surface area contributed by atoms with Gasteiger partial charge in [0.2, 0.25) is 0 Å². The average molecular weight is 702 g/mol. The van der Waals surface area contributed by atoms with Crippen LogP contribution in [0.2, 0.25) is 0 Å². The molecule has 1 aromatic rings. The Morgan fingerprint density at radius 2 is 1.67 bits per heavy atom. The number of carbonyl (C=O) groups is 1. The molecular formula is C44H67N3O4. The molecule has 0 bridgehead atoms. The first-order valence-corrected chi connectivity index (χ1v) is 20.3. The fourth-order valence-electron chi connectivity index (χ4n) is 13.9. The number of aliphatic hydroxyl groups is 2.